The van der Waals surface area contributed by atoms with Crippen LogP contribution in [0.5, 0.6) is 0 Å². The van der Waals surface area contributed by atoms with E-state index in [1.807, 2.05) is 49.9 Å². The smallest absolute Gasteiger partial charge is 0.232 e. The first-order valence-corrected chi connectivity index (χ1v) is 7.06. The summed E-state index contributed by atoms with van der Waals surface area (Å²) in [7, 11) is 0. The first-order chi connectivity index (χ1) is 9.04. The predicted molar refractivity (Wildman–Crippen MR) is 76.2 cm³/mol. The van der Waals surface area contributed by atoms with Crippen molar-refractivity contribution in [3.05, 3.63) is 40.7 Å². The molecular weight excluding hydrogens is 258 g/mol. The molecule has 0 aliphatic heterocycles. The van der Waals surface area contributed by atoms with Gasteiger partial charge in [0.05, 0.1) is 12.1 Å². The SMILES string of the molecule is Cc1cc[n+](CCC(=O)Nc2nc(C)c(C)s2)cc1. The molecular formula is C14H18N3OS+. The normalized spacial score (nSPS) is 10.5. The van der Waals surface area contributed by atoms with Gasteiger partial charge in [0, 0.05) is 17.0 Å². The van der Waals surface area contributed by atoms with Gasteiger partial charge in [0.2, 0.25) is 5.91 Å². The van der Waals surface area contributed by atoms with Crippen LogP contribution in [0.2, 0.25) is 0 Å². The number of rotatable bonds is 4. The van der Waals surface area contributed by atoms with Gasteiger partial charge >= 0.3 is 0 Å². The summed E-state index contributed by atoms with van der Waals surface area (Å²) in [5.41, 5.74) is 2.20. The zero-order chi connectivity index (χ0) is 13.8. The summed E-state index contributed by atoms with van der Waals surface area (Å²) in [4.78, 5) is 17.3. The van der Waals surface area contributed by atoms with E-state index in [4.69, 9.17) is 0 Å². The van der Waals surface area contributed by atoms with Crippen LogP contribution in [0, 0.1) is 20.8 Å². The average molecular weight is 276 g/mol. The molecule has 19 heavy (non-hydrogen) atoms. The minimum atomic E-state index is 0.00169. The highest BCUT2D eigenvalue weighted by Gasteiger charge is 2.10. The highest BCUT2D eigenvalue weighted by atomic mass is 32.1. The van der Waals surface area contributed by atoms with Crippen LogP contribution in [0.15, 0.2) is 24.5 Å². The Morgan fingerprint density at radius 3 is 2.58 bits per heavy atom. The molecule has 2 aromatic heterocycles. The van der Waals surface area contributed by atoms with Crippen molar-refractivity contribution in [3.8, 4) is 0 Å². The Labute approximate surface area is 117 Å². The molecule has 0 saturated heterocycles. The number of amides is 1. The van der Waals surface area contributed by atoms with E-state index >= 15 is 0 Å². The van der Waals surface area contributed by atoms with Crippen molar-refractivity contribution in [2.45, 2.75) is 33.7 Å². The van der Waals surface area contributed by atoms with Gasteiger partial charge in [0.15, 0.2) is 24.1 Å². The van der Waals surface area contributed by atoms with Crippen LogP contribution in [-0.2, 0) is 11.3 Å². The summed E-state index contributed by atoms with van der Waals surface area (Å²) in [6, 6.07) is 4.07. The van der Waals surface area contributed by atoms with Gasteiger partial charge in [-0.1, -0.05) is 0 Å². The third kappa shape index (κ3) is 3.86. The Bertz CT molecular complexity index is 555. The average Bonchev–Trinajstić information content (AvgIpc) is 2.67. The molecule has 4 nitrogen and oxygen atoms in total. The summed E-state index contributed by atoms with van der Waals surface area (Å²) in [5.74, 6) is 0.00169. The Morgan fingerprint density at radius 1 is 1.32 bits per heavy atom. The van der Waals surface area contributed by atoms with Crippen LogP contribution in [0.3, 0.4) is 0 Å². The van der Waals surface area contributed by atoms with Crippen molar-refractivity contribution in [1.82, 2.24) is 4.98 Å². The Morgan fingerprint density at radius 2 is 2.00 bits per heavy atom. The molecule has 0 aromatic carbocycles. The summed E-state index contributed by atoms with van der Waals surface area (Å²) in [6.07, 6.45) is 4.42. The topological polar surface area (TPSA) is 45.9 Å². The minimum Gasteiger partial charge on any atom is -0.302 e. The predicted octanol–water partition coefficient (Wildman–Crippen LogP) is 2.38. The lowest BCUT2D eigenvalue weighted by Crippen LogP contribution is -2.34. The standard InChI is InChI=1S/C14H17N3OS/c1-10-4-7-17(8-5-10)9-6-13(18)16-14-15-11(2)12(3)19-14/h4-5,7-8H,6,9H2,1-3H3/p+1. The van der Waals surface area contributed by atoms with Crippen LogP contribution < -0.4 is 9.88 Å². The van der Waals surface area contributed by atoms with Gasteiger partial charge in [-0.25, -0.2) is 9.55 Å². The van der Waals surface area contributed by atoms with Crippen molar-refractivity contribution in [2.24, 2.45) is 0 Å². The maximum atomic E-state index is 11.8. The Balaban J connectivity index is 1.86. The van der Waals surface area contributed by atoms with Gasteiger partial charge in [-0.3, -0.25) is 4.79 Å². The fraction of sp³-hybridized carbons (Fsp3) is 0.357. The first kappa shape index (κ1) is 13.7. The molecule has 0 radical (unpaired) electrons. The second-order valence-electron chi connectivity index (χ2n) is 4.57. The molecule has 0 spiro atoms. The lowest BCUT2D eigenvalue weighted by atomic mass is 10.3. The number of anilines is 1. The van der Waals surface area contributed by atoms with E-state index in [1.165, 1.54) is 16.9 Å². The second kappa shape index (κ2) is 5.93. The molecule has 0 saturated carbocycles. The van der Waals surface area contributed by atoms with Gasteiger partial charge in [-0.05, 0) is 26.3 Å². The Hall–Kier alpha value is -1.75. The molecule has 2 aromatic rings. The largest absolute Gasteiger partial charge is 0.302 e. The fourth-order valence-corrected chi connectivity index (χ4v) is 2.45. The van der Waals surface area contributed by atoms with Gasteiger partial charge < -0.3 is 5.32 Å². The molecule has 1 N–H and O–H groups in total. The number of nitrogens with one attached hydrogen (secondary N) is 1. The van der Waals surface area contributed by atoms with Crippen molar-refractivity contribution in [2.75, 3.05) is 5.32 Å². The van der Waals surface area contributed by atoms with Crippen LogP contribution in [-0.4, -0.2) is 10.9 Å². The monoisotopic (exact) mass is 276 g/mol. The zero-order valence-corrected chi connectivity index (χ0v) is 12.3. The van der Waals surface area contributed by atoms with E-state index in [9.17, 15) is 4.79 Å². The molecule has 0 unspecified atom stereocenters. The number of nitrogens with zero attached hydrogens (tertiary/aromatic N) is 2. The number of pyridine rings is 1. The molecule has 5 heteroatoms. The van der Waals surface area contributed by atoms with E-state index < -0.39 is 0 Å². The molecule has 1 amide bonds. The molecule has 0 bridgehead atoms. The zero-order valence-electron chi connectivity index (χ0n) is 11.4. The molecule has 0 fully saturated rings. The molecule has 2 heterocycles. The van der Waals surface area contributed by atoms with Crippen LogP contribution in [0.1, 0.15) is 22.6 Å². The van der Waals surface area contributed by atoms with Gasteiger partial charge in [0.1, 0.15) is 0 Å². The van der Waals surface area contributed by atoms with E-state index in [1.54, 1.807) is 0 Å². The molecule has 0 aliphatic carbocycles. The highest BCUT2D eigenvalue weighted by molar-refractivity contribution is 7.15. The second-order valence-corrected chi connectivity index (χ2v) is 5.78. The lowest BCUT2D eigenvalue weighted by Gasteiger charge is -1.99. The van der Waals surface area contributed by atoms with Crippen LogP contribution in [0.4, 0.5) is 5.13 Å². The minimum absolute atomic E-state index is 0.00169. The number of aryl methyl sites for hydroxylation is 4. The molecule has 0 atom stereocenters. The fourth-order valence-electron chi connectivity index (χ4n) is 1.62. The lowest BCUT2D eigenvalue weighted by molar-refractivity contribution is -0.695. The molecule has 0 aliphatic rings. The third-order valence-corrected chi connectivity index (χ3v) is 3.92. The van der Waals surface area contributed by atoms with Gasteiger partial charge in [-0.15, -0.1) is 11.3 Å². The third-order valence-electron chi connectivity index (χ3n) is 2.93. The number of aromatic nitrogens is 2. The van der Waals surface area contributed by atoms with Crippen molar-refractivity contribution >= 4 is 22.4 Å². The Kier molecular flexibility index (Phi) is 4.27. The number of hydrogen-bond donors (Lipinski definition) is 1. The molecule has 100 valence electrons. The number of carbonyl (C=O) groups is 1. The van der Waals surface area contributed by atoms with Crippen LogP contribution >= 0.6 is 11.3 Å². The number of hydrogen-bond acceptors (Lipinski definition) is 3. The summed E-state index contributed by atoms with van der Waals surface area (Å²) >= 11 is 1.52. The van der Waals surface area contributed by atoms with Crippen molar-refractivity contribution in [3.63, 3.8) is 0 Å². The number of thiazole rings is 1. The van der Waals surface area contributed by atoms with E-state index in [2.05, 4.69) is 10.3 Å². The maximum Gasteiger partial charge on any atom is 0.232 e. The van der Waals surface area contributed by atoms with E-state index in [-0.39, 0.29) is 5.91 Å². The highest BCUT2D eigenvalue weighted by Crippen LogP contribution is 2.20. The van der Waals surface area contributed by atoms with Gasteiger partial charge in [0.25, 0.3) is 0 Å². The summed E-state index contributed by atoms with van der Waals surface area (Å²) in [5, 5.41) is 3.53. The summed E-state index contributed by atoms with van der Waals surface area (Å²) < 4.78 is 2.00. The van der Waals surface area contributed by atoms with Crippen LogP contribution in [0.25, 0.3) is 0 Å². The van der Waals surface area contributed by atoms with Crippen molar-refractivity contribution < 1.29 is 9.36 Å². The summed E-state index contributed by atoms with van der Waals surface area (Å²) in [6.45, 7) is 6.67. The number of carbonyl (C=O) groups excluding carboxylic acids is 1. The quantitative estimate of drug-likeness (QED) is 0.872. The van der Waals surface area contributed by atoms with E-state index in [0.717, 1.165) is 10.6 Å². The van der Waals surface area contributed by atoms with E-state index in [0.29, 0.717) is 18.1 Å². The van der Waals surface area contributed by atoms with Gasteiger partial charge in [-0.2, -0.15) is 0 Å². The maximum absolute atomic E-state index is 11.8. The first-order valence-electron chi connectivity index (χ1n) is 6.24. The molecule has 2 rings (SSSR count). The van der Waals surface area contributed by atoms with Crippen molar-refractivity contribution in [1.29, 1.82) is 0 Å².